The van der Waals surface area contributed by atoms with Gasteiger partial charge in [0.05, 0.1) is 11.4 Å². The molecular weight excluding hydrogens is 288 g/mol. The average Bonchev–Trinajstić information content (AvgIpc) is 2.73. The summed E-state index contributed by atoms with van der Waals surface area (Å²) < 4.78 is 56.9. The third-order valence-corrected chi connectivity index (χ3v) is 4.50. The Labute approximate surface area is 115 Å². The van der Waals surface area contributed by atoms with Crippen LogP contribution in [0.4, 0.5) is 8.78 Å². The van der Waals surface area contributed by atoms with E-state index in [2.05, 4.69) is 0 Å². The number of nitrogens with zero attached hydrogens (tertiary/aromatic N) is 1. The summed E-state index contributed by atoms with van der Waals surface area (Å²) in [6.07, 6.45) is 0. The molecule has 7 heteroatoms. The molecule has 0 unspecified atom stereocenters. The summed E-state index contributed by atoms with van der Waals surface area (Å²) in [7, 11) is -2.66. The van der Waals surface area contributed by atoms with Gasteiger partial charge < -0.3 is 4.42 Å². The van der Waals surface area contributed by atoms with Gasteiger partial charge in [0.2, 0.25) is 10.0 Å². The van der Waals surface area contributed by atoms with Crippen LogP contribution >= 0.6 is 0 Å². The molecule has 2 rings (SSSR count). The highest BCUT2D eigenvalue weighted by molar-refractivity contribution is 7.89. The van der Waals surface area contributed by atoms with Crippen LogP contribution < -0.4 is 0 Å². The van der Waals surface area contributed by atoms with Crippen LogP contribution in [0.1, 0.15) is 11.5 Å². The van der Waals surface area contributed by atoms with Crippen molar-refractivity contribution in [2.75, 3.05) is 7.05 Å². The van der Waals surface area contributed by atoms with Crippen LogP contribution in [0.3, 0.4) is 0 Å². The molecule has 0 N–H and O–H groups in total. The Kier molecular flexibility index (Phi) is 3.92. The minimum atomic E-state index is -3.98. The molecule has 108 valence electrons. The Bertz CT molecular complexity index is 705. The Morgan fingerprint density at radius 3 is 2.25 bits per heavy atom. The lowest BCUT2D eigenvalue weighted by Crippen LogP contribution is -2.26. The minimum Gasteiger partial charge on any atom is -0.465 e. The number of hydrogen-bond acceptors (Lipinski definition) is 3. The SMILES string of the molecule is Cc1ccc(CN(C)S(=O)(=O)c2cc(F)cc(F)c2)o1. The van der Waals surface area contributed by atoms with E-state index in [0.717, 1.165) is 16.4 Å². The van der Waals surface area contributed by atoms with Gasteiger partial charge in [0.1, 0.15) is 23.2 Å². The monoisotopic (exact) mass is 301 g/mol. The largest absolute Gasteiger partial charge is 0.465 e. The van der Waals surface area contributed by atoms with Crippen molar-refractivity contribution in [1.82, 2.24) is 4.31 Å². The number of hydrogen-bond donors (Lipinski definition) is 0. The highest BCUT2D eigenvalue weighted by Gasteiger charge is 2.23. The number of benzene rings is 1. The minimum absolute atomic E-state index is 0.0195. The van der Waals surface area contributed by atoms with Gasteiger partial charge in [-0.05, 0) is 31.2 Å². The molecule has 0 saturated heterocycles. The maximum Gasteiger partial charge on any atom is 0.243 e. The summed E-state index contributed by atoms with van der Waals surface area (Å²) in [5.41, 5.74) is 0. The zero-order valence-electron chi connectivity index (χ0n) is 10.9. The smallest absolute Gasteiger partial charge is 0.243 e. The summed E-state index contributed by atoms with van der Waals surface area (Å²) in [4.78, 5) is -0.430. The zero-order chi connectivity index (χ0) is 14.9. The highest BCUT2D eigenvalue weighted by atomic mass is 32.2. The Hall–Kier alpha value is -1.73. The predicted octanol–water partition coefficient (Wildman–Crippen LogP) is 2.69. The van der Waals surface area contributed by atoms with Crippen molar-refractivity contribution in [3.05, 3.63) is 53.5 Å². The number of furan rings is 1. The Balaban J connectivity index is 2.29. The molecule has 20 heavy (non-hydrogen) atoms. The van der Waals surface area contributed by atoms with E-state index >= 15 is 0 Å². The summed E-state index contributed by atoms with van der Waals surface area (Å²) in [6, 6.07) is 5.53. The fourth-order valence-electron chi connectivity index (χ4n) is 1.73. The van der Waals surface area contributed by atoms with Gasteiger partial charge in [-0.2, -0.15) is 4.31 Å². The second kappa shape index (κ2) is 5.34. The predicted molar refractivity (Wildman–Crippen MR) is 68.5 cm³/mol. The second-order valence-corrected chi connectivity index (χ2v) is 6.42. The van der Waals surface area contributed by atoms with Crippen LogP contribution in [0.2, 0.25) is 0 Å². The molecule has 0 aliphatic heterocycles. The lowest BCUT2D eigenvalue weighted by Gasteiger charge is -2.16. The lowest BCUT2D eigenvalue weighted by atomic mass is 10.3. The van der Waals surface area contributed by atoms with Crippen molar-refractivity contribution < 1.29 is 21.6 Å². The molecule has 0 saturated carbocycles. The number of rotatable bonds is 4. The number of sulfonamides is 1. The highest BCUT2D eigenvalue weighted by Crippen LogP contribution is 2.19. The normalized spacial score (nSPS) is 12.1. The molecule has 0 aliphatic carbocycles. The van der Waals surface area contributed by atoms with Crippen LogP contribution in [0.15, 0.2) is 39.6 Å². The van der Waals surface area contributed by atoms with Crippen molar-refractivity contribution in [3.63, 3.8) is 0 Å². The quantitative estimate of drug-likeness (QED) is 0.872. The van der Waals surface area contributed by atoms with Crippen LogP contribution in [0.5, 0.6) is 0 Å². The molecule has 1 aromatic heterocycles. The molecule has 2 aromatic rings. The molecular formula is C13H13F2NO3S. The third-order valence-electron chi connectivity index (χ3n) is 2.72. The van der Waals surface area contributed by atoms with Crippen molar-refractivity contribution in [2.24, 2.45) is 0 Å². The molecule has 0 bridgehead atoms. The molecule has 0 atom stereocenters. The van der Waals surface area contributed by atoms with Gasteiger partial charge in [0.15, 0.2) is 0 Å². The number of aryl methyl sites for hydroxylation is 1. The Morgan fingerprint density at radius 2 is 1.75 bits per heavy atom. The fourth-order valence-corrected chi connectivity index (χ4v) is 2.91. The molecule has 1 heterocycles. The number of halogens is 2. The van der Waals surface area contributed by atoms with Crippen molar-refractivity contribution >= 4 is 10.0 Å². The van der Waals surface area contributed by atoms with Crippen LogP contribution in [0.25, 0.3) is 0 Å². The molecule has 1 aromatic carbocycles. The van der Waals surface area contributed by atoms with Gasteiger partial charge in [0, 0.05) is 13.1 Å². The van der Waals surface area contributed by atoms with E-state index in [4.69, 9.17) is 4.42 Å². The van der Waals surface area contributed by atoms with E-state index < -0.39 is 26.6 Å². The topological polar surface area (TPSA) is 50.5 Å². The van der Waals surface area contributed by atoms with E-state index in [1.54, 1.807) is 19.1 Å². The van der Waals surface area contributed by atoms with E-state index in [-0.39, 0.29) is 6.54 Å². The van der Waals surface area contributed by atoms with Gasteiger partial charge in [0.25, 0.3) is 0 Å². The van der Waals surface area contributed by atoms with E-state index in [9.17, 15) is 17.2 Å². The lowest BCUT2D eigenvalue weighted by molar-refractivity contribution is 0.397. The van der Waals surface area contributed by atoms with Crippen molar-refractivity contribution in [2.45, 2.75) is 18.4 Å². The molecule has 0 aliphatic rings. The first-order chi connectivity index (χ1) is 9.29. The Morgan fingerprint density at radius 1 is 1.15 bits per heavy atom. The standard InChI is InChI=1S/C13H13F2NO3S/c1-9-3-4-12(19-9)8-16(2)20(17,18)13-6-10(14)5-11(15)7-13/h3-7H,8H2,1-2H3. The average molecular weight is 301 g/mol. The molecule has 0 spiro atoms. The van der Waals surface area contributed by atoms with Crippen molar-refractivity contribution in [1.29, 1.82) is 0 Å². The van der Waals surface area contributed by atoms with Gasteiger partial charge in [-0.1, -0.05) is 0 Å². The third kappa shape index (κ3) is 3.05. The van der Waals surface area contributed by atoms with Gasteiger partial charge in [-0.3, -0.25) is 0 Å². The molecule has 0 radical (unpaired) electrons. The summed E-state index contributed by atoms with van der Waals surface area (Å²) >= 11 is 0. The first kappa shape index (κ1) is 14.7. The van der Waals surface area contributed by atoms with Gasteiger partial charge in [-0.15, -0.1) is 0 Å². The van der Waals surface area contributed by atoms with Gasteiger partial charge >= 0.3 is 0 Å². The molecule has 0 amide bonds. The van der Waals surface area contributed by atoms with Crippen LogP contribution in [0, 0.1) is 18.6 Å². The first-order valence-electron chi connectivity index (χ1n) is 5.77. The first-order valence-corrected chi connectivity index (χ1v) is 7.21. The zero-order valence-corrected chi connectivity index (χ0v) is 11.7. The molecule has 4 nitrogen and oxygen atoms in total. The summed E-state index contributed by atoms with van der Waals surface area (Å²) in [6.45, 7) is 1.72. The maximum absolute atomic E-state index is 13.1. The maximum atomic E-state index is 13.1. The molecule has 0 fully saturated rings. The van der Waals surface area contributed by atoms with E-state index in [0.29, 0.717) is 17.6 Å². The second-order valence-electron chi connectivity index (χ2n) is 4.38. The summed E-state index contributed by atoms with van der Waals surface area (Å²) in [5.74, 6) is -0.773. The van der Waals surface area contributed by atoms with Crippen LogP contribution in [-0.2, 0) is 16.6 Å². The van der Waals surface area contributed by atoms with E-state index in [1.807, 2.05) is 0 Å². The summed E-state index contributed by atoms with van der Waals surface area (Å²) in [5, 5.41) is 0. The van der Waals surface area contributed by atoms with Gasteiger partial charge in [-0.25, -0.2) is 17.2 Å². The fraction of sp³-hybridized carbons (Fsp3) is 0.231. The van der Waals surface area contributed by atoms with Crippen LogP contribution in [-0.4, -0.2) is 19.8 Å². The van der Waals surface area contributed by atoms with Crippen molar-refractivity contribution in [3.8, 4) is 0 Å². The van der Waals surface area contributed by atoms with E-state index in [1.165, 1.54) is 7.05 Å².